The first-order valence-corrected chi connectivity index (χ1v) is 10.3. The first kappa shape index (κ1) is 22.2. The maximum absolute atomic E-state index is 6.02. The lowest BCUT2D eigenvalue weighted by molar-refractivity contribution is -0.171. The molecular formula is C20H39IN4O. The van der Waals surface area contributed by atoms with Gasteiger partial charge in [0.1, 0.15) is 0 Å². The van der Waals surface area contributed by atoms with E-state index in [4.69, 9.17) is 4.74 Å². The van der Waals surface area contributed by atoms with Crippen LogP contribution in [0.3, 0.4) is 0 Å². The number of aliphatic imine (C=N–C) groups is 1. The second-order valence-corrected chi connectivity index (χ2v) is 8.73. The summed E-state index contributed by atoms with van der Waals surface area (Å²) in [5.41, 5.74) is 0.408. The van der Waals surface area contributed by atoms with E-state index in [-0.39, 0.29) is 24.0 Å². The van der Waals surface area contributed by atoms with Crippen molar-refractivity contribution in [1.82, 2.24) is 15.5 Å². The van der Waals surface area contributed by atoms with Crippen LogP contribution in [0.1, 0.15) is 59.8 Å². The van der Waals surface area contributed by atoms with E-state index >= 15 is 0 Å². The lowest BCUT2D eigenvalue weighted by Crippen LogP contribution is -2.72. The van der Waals surface area contributed by atoms with Crippen LogP contribution in [0.5, 0.6) is 0 Å². The summed E-state index contributed by atoms with van der Waals surface area (Å²) >= 11 is 0. The maximum Gasteiger partial charge on any atom is 0.191 e. The van der Waals surface area contributed by atoms with Gasteiger partial charge in [0.25, 0.3) is 0 Å². The van der Waals surface area contributed by atoms with Crippen molar-refractivity contribution in [2.45, 2.75) is 84.0 Å². The molecule has 0 radical (unpaired) electrons. The van der Waals surface area contributed by atoms with Gasteiger partial charge >= 0.3 is 0 Å². The van der Waals surface area contributed by atoms with E-state index in [9.17, 15) is 0 Å². The molecule has 152 valence electrons. The quantitative estimate of drug-likeness (QED) is 0.255. The summed E-state index contributed by atoms with van der Waals surface area (Å²) < 4.78 is 6.02. The summed E-state index contributed by atoms with van der Waals surface area (Å²) in [5, 5.41) is 7.29. The third-order valence-electron chi connectivity index (χ3n) is 6.76. The van der Waals surface area contributed by atoms with Gasteiger partial charge in [-0.25, -0.2) is 0 Å². The molecule has 1 saturated heterocycles. The molecule has 0 amide bonds. The van der Waals surface area contributed by atoms with Crippen molar-refractivity contribution in [1.29, 1.82) is 0 Å². The van der Waals surface area contributed by atoms with Gasteiger partial charge in [-0.3, -0.25) is 9.89 Å². The van der Waals surface area contributed by atoms with Crippen molar-refractivity contribution in [3.63, 3.8) is 0 Å². The highest BCUT2D eigenvalue weighted by molar-refractivity contribution is 14.0. The number of nitrogens with zero attached hydrogens (tertiary/aromatic N) is 2. The summed E-state index contributed by atoms with van der Waals surface area (Å²) in [6, 6.07) is 1.76. The number of nitrogens with one attached hydrogen (secondary N) is 2. The van der Waals surface area contributed by atoms with E-state index in [0.717, 1.165) is 32.1 Å². The molecule has 1 aliphatic heterocycles. The molecule has 2 N–H and O–H groups in total. The van der Waals surface area contributed by atoms with Gasteiger partial charge in [0.05, 0.1) is 6.10 Å². The molecule has 1 spiro atoms. The normalized spacial score (nSPS) is 29.4. The van der Waals surface area contributed by atoms with Gasteiger partial charge in [0, 0.05) is 56.2 Å². The molecule has 3 unspecified atom stereocenters. The lowest BCUT2D eigenvalue weighted by atomic mass is 9.46. The number of ether oxygens (including phenoxy) is 1. The van der Waals surface area contributed by atoms with Crippen molar-refractivity contribution in [3.05, 3.63) is 0 Å². The van der Waals surface area contributed by atoms with E-state index < -0.39 is 0 Å². The average Bonchev–Trinajstić information content (AvgIpc) is 2.92. The Labute approximate surface area is 177 Å². The van der Waals surface area contributed by atoms with E-state index in [2.05, 4.69) is 48.2 Å². The van der Waals surface area contributed by atoms with Crippen LogP contribution in [-0.2, 0) is 4.74 Å². The van der Waals surface area contributed by atoms with Gasteiger partial charge in [-0.05, 0) is 53.4 Å². The van der Waals surface area contributed by atoms with Gasteiger partial charge < -0.3 is 15.4 Å². The Morgan fingerprint density at radius 2 is 1.92 bits per heavy atom. The molecule has 3 fully saturated rings. The van der Waals surface area contributed by atoms with Crippen molar-refractivity contribution in [2.24, 2.45) is 16.3 Å². The number of fused-ring (bicyclic) bond motifs is 2. The zero-order valence-corrected chi connectivity index (χ0v) is 19.6. The fourth-order valence-electron chi connectivity index (χ4n) is 5.38. The molecule has 3 aliphatic rings. The van der Waals surface area contributed by atoms with Crippen molar-refractivity contribution >= 4 is 29.9 Å². The van der Waals surface area contributed by atoms with Crippen molar-refractivity contribution in [2.75, 3.05) is 26.7 Å². The molecule has 26 heavy (non-hydrogen) atoms. The van der Waals surface area contributed by atoms with Crippen LogP contribution in [0.25, 0.3) is 0 Å². The van der Waals surface area contributed by atoms with Crippen molar-refractivity contribution in [3.8, 4) is 0 Å². The zero-order valence-electron chi connectivity index (χ0n) is 17.3. The largest absolute Gasteiger partial charge is 0.377 e. The van der Waals surface area contributed by atoms with Crippen LogP contribution < -0.4 is 10.6 Å². The number of hydrogen-bond donors (Lipinski definition) is 2. The molecule has 0 aromatic rings. The maximum atomic E-state index is 6.02. The Bertz CT molecular complexity index is 470. The molecule has 0 bridgehead atoms. The van der Waals surface area contributed by atoms with Gasteiger partial charge in [-0.2, -0.15) is 0 Å². The van der Waals surface area contributed by atoms with Crippen LogP contribution in [0.4, 0.5) is 0 Å². The van der Waals surface area contributed by atoms with E-state index in [1.54, 1.807) is 0 Å². The zero-order chi connectivity index (χ0) is 18.0. The van der Waals surface area contributed by atoms with Gasteiger partial charge in [0.2, 0.25) is 0 Å². The SMILES string of the molecule is CN=C(NCCCN(C(C)C)C(C)C)NC1C2CCOC2C12CCC2.I. The topological polar surface area (TPSA) is 48.9 Å². The minimum absolute atomic E-state index is 0. The summed E-state index contributed by atoms with van der Waals surface area (Å²) in [4.78, 5) is 7.02. The van der Waals surface area contributed by atoms with Crippen LogP contribution in [0.15, 0.2) is 4.99 Å². The Morgan fingerprint density at radius 1 is 1.23 bits per heavy atom. The molecule has 2 aliphatic carbocycles. The molecule has 3 rings (SSSR count). The third kappa shape index (κ3) is 4.17. The van der Waals surface area contributed by atoms with E-state index in [1.165, 1.54) is 25.7 Å². The standard InChI is InChI=1S/C20H38N4O.HI/c1-14(2)24(15(3)4)12-7-11-22-19(21-5)23-17-16-8-13-25-18(16)20(17)9-6-10-20;/h14-18H,6-13H2,1-5H3,(H2,21,22,23);1H. The molecule has 0 aromatic carbocycles. The average molecular weight is 478 g/mol. The third-order valence-corrected chi connectivity index (χ3v) is 6.76. The summed E-state index contributed by atoms with van der Waals surface area (Å²) in [6.45, 7) is 12.2. The fourth-order valence-corrected chi connectivity index (χ4v) is 5.38. The minimum atomic E-state index is 0. The molecule has 6 heteroatoms. The van der Waals surface area contributed by atoms with Crippen LogP contribution in [-0.4, -0.2) is 61.8 Å². The predicted octanol–water partition coefficient (Wildman–Crippen LogP) is 3.24. The van der Waals surface area contributed by atoms with Crippen LogP contribution >= 0.6 is 24.0 Å². The molecule has 2 saturated carbocycles. The molecule has 5 nitrogen and oxygen atoms in total. The van der Waals surface area contributed by atoms with Gasteiger partial charge in [-0.15, -0.1) is 24.0 Å². The molecule has 0 aromatic heterocycles. The second kappa shape index (κ2) is 9.41. The molecular weight excluding hydrogens is 439 g/mol. The van der Waals surface area contributed by atoms with Gasteiger partial charge in [-0.1, -0.05) is 6.42 Å². The monoisotopic (exact) mass is 478 g/mol. The van der Waals surface area contributed by atoms with E-state index in [1.807, 2.05) is 7.05 Å². The Hall–Kier alpha value is -0.0800. The summed E-state index contributed by atoms with van der Waals surface area (Å²) in [7, 11) is 1.89. The van der Waals surface area contributed by atoms with Crippen LogP contribution in [0, 0.1) is 11.3 Å². The number of rotatable bonds is 7. The fraction of sp³-hybridized carbons (Fsp3) is 0.950. The first-order valence-electron chi connectivity index (χ1n) is 10.3. The summed E-state index contributed by atoms with van der Waals surface area (Å²) in [5.74, 6) is 1.67. The van der Waals surface area contributed by atoms with Gasteiger partial charge in [0.15, 0.2) is 5.96 Å². The highest BCUT2D eigenvalue weighted by Gasteiger charge is 2.66. The molecule has 3 atom stereocenters. The predicted molar refractivity (Wildman–Crippen MR) is 119 cm³/mol. The smallest absolute Gasteiger partial charge is 0.191 e. The highest BCUT2D eigenvalue weighted by Crippen LogP contribution is 2.62. The first-order chi connectivity index (χ1) is 12.0. The van der Waals surface area contributed by atoms with Crippen molar-refractivity contribution < 1.29 is 4.74 Å². The summed E-state index contributed by atoms with van der Waals surface area (Å²) in [6.07, 6.45) is 6.86. The highest BCUT2D eigenvalue weighted by atomic mass is 127. The Kier molecular flexibility index (Phi) is 8.04. The van der Waals surface area contributed by atoms with Crippen LogP contribution in [0.2, 0.25) is 0 Å². The number of guanidine groups is 1. The Balaban J connectivity index is 0.00000243. The van der Waals surface area contributed by atoms with E-state index in [0.29, 0.717) is 35.6 Å². The Morgan fingerprint density at radius 3 is 2.46 bits per heavy atom. The minimum Gasteiger partial charge on any atom is -0.377 e. The molecule has 1 heterocycles. The lowest BCUT2D eigenvalue weighted by Gasteiger charge is -2.63. The second-order valence-electron chi connectivity index (χ2n) is 8.73. The number of hydrogen-bond acceptors (Lipinski definition) is 3. The number of halogens is 1.